The Morgan fingerprint density at radius 1 is 1.07 bits per heavy atom. The van der Waals surface area contributed by atoms with Crippen LogP contribution in [0.4, 0.5) is 5.69 Å². The fraction of sp³-hybridized carbons (Fsp3) is 0.250. The molecule has 0 spiro atoms. The number of hydrogen-bond acceptors (Lipinski definition) is 4. The van der Waals surface area contributed by atoms with Crippen LogP contribution in [0.5, 0.6) is 5.75 Å². The van der Waals surface area contributed by atoms with Crippen LogP contribution in [0.1, 0.15) is 5.56 Å². The van der Waals surface area contributed by atoms with E-state index in [0.717, 1.165) is 11.3 Å². The van der Waals surface area contributed by atoms with Gasteiger partial charge in [0.2, 0.25) is 11.9 Å². The lowest BCUT2D eigenvalue weighted by molar-refractivity contribution is -0.138. The Hall–Kier alpha value is -2.86. The van der Waals surface area contributed by atoms with E-state index in [1.807, 2.05) is 47.4 Å². The third-order valence-corrected chi connectivity index (χ3v) is 5.23. The van der Waals surface area contributed by atoms with E-state index in [2.05, 4.69) is 4.99 Å². The second kappa shape index (κ2) is 7.04. The van der Waals surface area contributed by atoms with Gasteiger partial charge in [-0.1, -0.05) is 41.9 Å². The standard InChI is InChI=1S/C20H18ClN3O3/c1-27-17-9-5-4-8-16(17)23-10-11-24-19(26)14(18(25)22-20(23)24)12-13-6-2-3-7-15(13)21/h2-9,14H,10-12H2,1H3. The lowest BCUT2D eigenvalue weighted by Gasteiger charge is -2.29. The van der Waals surface area contributed by atoms with Gasteiger partial charge in [0.15, 0.2) is 0 Å². The summed E-state index contributed by atoms with van der Waals surface area (Å²) >= 11 is 6.19. The van der Waals surface area contributed by atoms with E-state index in [4.69, 9.17) is 16.3 Å². The van der Waals surface area contributed by atoms with E-state index in [1.54, 1.807) is 18.1 Å². The Morgan fingerprint density at radius 3 is 2.56 bits per heavy atom. The molecule has 2 aromatic carbocycles. The van der Waals surface area contributed by atoms with Gasteiger partial charge >= 0.3 is 0 Å². The highest BCUT2D eigenvalue weighted by atomic mass is 35.5. The lowest BCUT2D eigenvalue weighted by atomic mass is 9.96. The number of fused-ring (bicyclic) bond motifs is 1. The van der Waals surface area contributed by atoms with Crippen LogP contribution in [-0.2, 0) is 16.0 Å². The topological polar surface area (TPSA) is 62.2 Å². The first-order valence-electron chi connectivity index (χ1n) is 8.68. The second-order valence-corrected chi connectivity index (χ2v) is 6.82. The van der Waals surface area contributed by atoms with E-state index in [1.165, 1.54) is 0 Å². The zero-order chi connectivity index (χ0) is 19.0. The third-order valence-electron chi connectivity index (χ3n) is 4.86. The van der Waals surface area contributed by atoms with E-state index in [0.29, 0.717) is 29.8 Å². The van der Waals surface area contributed by atoms with Crippen molar-refractivity contribution in [1.29, 1.82) is 0 Å². The Bertz CT molecular complexity index is 944. The van der Waals surface area contributed by atoms with Crippen LogP contribution in [0.25, 0.3) is 0 Å². The lowest BCUT2D eigenvalue weighted by Crippen LogP contribution is -2.48. The molecule has 2 heterocycles. The Labute approximate surface area is 162 Å². The summed E-state index contributed by atoms with van der Waals surface area (Å²) in [7, 11) is 1.59. The first-order chi connectivity index (χ1) is 13.1. The summed E-state index contributed by atoms with van der Waals surface area (Å²) in [5.74, 6) is -0.480. The maximum absolute atomic E-state index is 13.0. The zero-order valence-electron chi connectivity index (χ0n) is 14.8. The van der Waals surface area contributed by atoms with E-state index in [-0.39, 0.29) is 12.3 Å². The number of carbonyl (C=O) groups excluding carboxylic acids is 2. The molecular formula is C20H18ClN3O3. The van der Waals surface area contributed by atoms with Gasteiger partial charge in [0, 0.05) is 18.1 Å². The number of anilines is 1. The van der Waals surface area contributed by atoms with Gasteiger partial charge in [0.25, 0.3) is 5.91 Å². The van der Waals surface area contributed by atoms with E-state index >= 15 is 0 Å². The van der Waals surface area contributed by atoms with Gasteiger partial charge in [-0.25, -0.2) is 0 Å². The van der Waals surface area contributed by atoms with Crippen LogP contribution in [0, 0.1) is 5.92 Å². The number of guanidine groups is 1. The van der Waals surface area contributed by atoms with Gasteiger partial charge in [-0.15, -0.1) is 0 Å². The molecule has 2 aliphatic heterocycles. The summed E-state index contributed by atoms with van der Waals surface area (Å²) in [6, 6.07) is 14.7. The van der Waals surface area contributed by atoms with Crippen molar-refractivity contribution in [3.8, 4) is 5.75 Å². The molecule has 1 fully saturated rings. The van der Waals surface area contributed by atoms with Crippen LogP contribution in [-0.4, -0.2) is 42.9 Å². The fourth-order valence-corrected chi connectivity index (χ4v) is 3.70. The summed E-state index contributed by atoms with van der Waals surface area (Å²) in [5.41, 5.74) is 1.55. The van der Waals surface area contributed by atoms with Crippen LogP contribution >= 0.6 is 11.6 Å². The highest BCUT2D eigenvalue weighted by Gasteiger charge is 2.43. The van der Waals surface area contributed by atoms with Crippen molar-refractivity contribution in [3.63, 3.8) is 0 Å². The molecule has 6 nitrogen and oxygen atoms in total. The molecule has 0 radical (unpaired) electrons. The number of benzene rings is 2. The van der Waals surface area contributed by atoms with Crippen molar-refractivity contribution >= 4 is 35.1 Å². The largest absolute Gasteiger partial charge is 0.495 e. The first kappa shape index (κ1) is 17.5. The van der Waals surface area contributed by atoms with Gasteiger partial charge in [-0.05, 0) is 30.2 Å². The number of para-hydroxylation sites is 2. The molecule has 0 saturated carbocycles. The minimum Gasteiger partial charge on any atom is -0.495 e. The van der Waals surface area contributed by atoms with Crippen molar-refractivity contribution in [2.45, 2.75) is 6.42 Å². The van der Waals surface area contributed by atoms with E-state index in [9.17, 15) is 9.59 Å². The maximum Gasteiger partial charge on any atom is 0.261 e. The molecule has 138 valence electrons. The average molecular weight is 384 g/mol. The van der Waals surface area contributed by atoms with Gasteiger partial charge in [0.05, 0.1) is 12.8 Å². The van der Waals surface area contributed by atoms with Crippen LogP contribution in [0.2, 0.25) is 5.02 Å². The number of amides is 2. The molecule has 0 bridgehead atoms. The van der Waals surface area contributed by atoms with Gasteiger partial charge in [0.1, 0.15) is 11.7 Å². The average Bonchev–Trinajstić information content (AvgIpc) is 3.10. The minimum absolute atomic E-state index is 0.234. The molecule has 7 heteroatoms. The molecule has 2 aromatic rings. The highest BCUT2D eigenvalue weighted by Crippen LogP contribution is 2.33. The Morgan fingerprint density at radius 2 is 1.78 bits per heavy atom. The van der Waals surface area contributed by atoms with Crippen LogP contribution < -0.4 is 9.64 Å². The highest BCUT2D eigenvalue weighted by molar-refractivity contribution is 6.31. The molecule has 2 aliphatic rings. The van der Waals surface area contributed by atoms with Crippen molar-refractivity contribution in [2.75, 3.05) is 25.1 Å². The molecule has 2 amide bonds. The molecule has 0 aromatic heterocycles. The number of aliphatic imine (C=N–C) groups is 1. The summed E-state index contributed by atoms with van der Waals surface area (Å²) in [5, 5.41) is 0.546. The SMILES string of the molecule is COc1ccccc1N1CCN2C(=O)C(Cc3ccccc3Cl)C(=O)N=C21. The Balaban J connectivity index is 1.65. The number of carbonyl (C=O) groups is 2. The molecular weight excluding hydrogens is 366 g/mol. The fourth-order valence-electron chi connectivity index (χ4n) is 3.48. The predicted molar refractivity (Wildman–Crippen MR) is 103 cm³/mol. The van der Waals surface area contributed by atoms with Crippen molar-refractivity contribution in [3.05, 3.63) is 59.1 Å². The summed E-state index contributed by atoms with van der Waals surface area (Å²) in [6.45, 7) is 1.03. The molecule has 27 heavy (non-hydrogen) atoms. The summed E-state index contributed by atoms with van der Waals surface area (Å²) in [4.78, 5) is 33.3. The van der Waals surface area contributed by atoms with Crippen LogP contribution in [0.3, 0.4) is 0 Å². The predicted octanol–water partition coefficient (Wildman–Crippen LogP) is 2.75. The van der Waals surface area contributed by atoms with Gasteiger partial charge < -0.3 is 9.64 Å². The molecule has 0 aliphatic carbocycles. The van der Waals surface area contributed by atoms with Gasteiger partial charge in [-0.2, -0.15) is 4.99 Å². The first-order valence-corrected chi connectivity index (χ1v) is 9.06. The second-order valence-electron chi connectivity index (χ2n) is 6.41. The van der Waals surface area contributed by atoms with Crippen molar-refractivity contribution in [1.82, 2.24) is 4.90 Å². The molecule has 1 saturated heterocycles. The molecule has 1 unspecified atom stereocenters. The Kier molecular flexibility index (Phi) is 4.58. The number of rotatable bonds is 4. The normalized spacial score (nSPS) is 19.2. The summed E-state index contributed by atoms with van der Waals surface area (Å²) < 4.78 is 5.40. The summed E-state index contributed by atoms with van der Waals surface area (Å²) in [6.07, 6.45) is 0.249. The maximum atomic E-state index is 13.0. The third kappa shape index (κ3) is 3.06. The molecule has 4 rings (SSSR count). The van der Waals surface area contributed by atoms with Crippen LogP contribution in [0.15, 0.2) is 53.5 Å². The number of ether oxygens (including phenoxy) is 1. The number of methoxy groups -OCH3 is 1. The van der Waals surface area contributed by atoms with Crippen molar-refractivity contribution in [2.24, 2.45) is 10.9 Å². The zero-order valence-corrected chi connectivity index (χ0v) is 15.5. The monoisotopic (exact) mass is 383 g/mol. The molecule has 0 N–H and O–H groups in total. The quantitative estimate of drug-likeness (QED) is 0.762. The minimum atomic E-state index is -0.841. The number of nitrogens with zero attached hydrogens (tertiary/aromatic N) is 3. The molecule has 1 atom stereocenters. The van der Waals surface area contributed by atoms with Gasteiger partial charge in [-0.3, -0.25) is 14.5 Å². The number of halogens is 1. The smallest absolute Gasteiger partial charge is 0.261 e. The van der Waals surface area contributed by atoms with Crippen molar-refractivity contribution < 1.29 is 14.3 Å². The number of hydrogen-bond donors (Lipinski definition) is 0. The van der Waals surface area contributed by atoms with E-state index < -0.39 is 11.8 Å².